The van der Waals surface area contributed by atoms with Gasteiger partial charge in [-0.2, -0.15) is 0 Å². The van der Waals surface area contributed by atoms with Crippen LogP contribution in [0.2, 0.25) is 0 Å². The Bertz CT molecular complexity index is 2290. The normalized spacial score (nSPS) is 16.9. The van der Waals surface area contributed by atoms with Gasteiger partial charge in [0.25, 0.3) is 0 Å². The van der Waals surface area contributed by atoms with Crippen LogP contribution in [0, 0.1) is 0 Å². The summed E-state index contributed by atoms with van der Waals surface area (Å²) in [7, 11) is -2.10. The lowest BCUT2D eigenvalue weighted by atomic mass is 9.74. The first-order valence-corrected chi connectivity index (χ1v) is 25.0. The summed E-state index contributed by atoms with van der Waals surface area (Å²) in [5, 5.41) is 12.2. The summed E-state index contributed by atoms with van der Waals surface area (Å²) in [5.74, 6) is 2.77. The molecule has 5 rings (SSSR count). The van der Waals surface area contributed by atoms with Gasteiger partial charge in [-0.3, -0.25) is 0 Å². The van der Waals surface area contributed by atoms with E-state index in [-0.39, 0.29) is 49.2 Å². The molecule has 1 heterocycles. The number of aromatic hydroxyl groups is 1. The SMILES string of the molecule is CC1c2cc(C(C)(C)C)cc(C(C)(C)C)c2OP(Oc2c(Cc3cc(C(C)(C)C)cc(C(C)(C)C)c3O)cc(C(C)(C)C)cc2C(C)(C)C)Oc2c1cc(C(C)(C)C)cc2C(C)(C)C. The van der Waals surface area contributed by atoms with Crippen LogP contribution in [0.3, 0.4) is 0 Å². The first kappa shape index (κ1) is 51.5. The first-order valence-electron chi connectivity index (χ1n) is 23.9. The molecule has 0 unspecified atom stereocenters. The molecule has 0 atom stereocenters. The van der Waals surface area contributed by atoms with Crippen LogP contribution in [-0.2, 0) is 49.7 Å². The molecule has 4 aromatic rings. The summed E-state index contributed by atoms with van der Waals surface area (Å²) >= 11 is 0. The lowest BCUT2D eigenvalue weighted by Gasteiger charge is -2.37. The highest BCUT2D eigenvalue weighted by atomic mass is 31.2. The molecule has 0 saturated heterocycles. The molecule has 1 aliphatic rings. The average molecular weight is 891 g/mol. The van der Waals surface area contributed by atoms with Gasteiger partial charge in [-0.15, -0.1) is 0 Å². The fourth-order valence-corrected chi connectivity index (χ4v) is 9.72. The Morgan fingerprint density at radius 3 is 1.08 bits per heavy atom. The van der Waals surface area contributed by atoms with Gasteiger partial charge in [0.15, 0.2) is 0 Å². The number of phenolic OH excluding ortho intramolecular Hbond substituents is 1. The average Bonchev–Trinajstić information content (AvgIpc) is 3.08. The zero-order valence-corrected chi connectivity index (χ0v) is 45.9. The van der Waals surface area contributed by atoms with Crippen LogP contribution in [0.4, 0.5) is 0 Å². The molecule has 0 bridgehead atoms. The van der Waals surface area contributed by atoms with Crippen molar-refractivity contribution in [2.24, 2.45) is 0 Å². The number of rotatable bonds is 4. The van der Waals surface area contributed by atoms with Crippen LogP contribution >= 0.6 is 8.60 Å². The highest BCUT2D eigenvalue weighted by molar-refractivity contribution is 7.43. The van der Waals surface area contributed by atoms with Gasteiger partial charge in [-0.25, -0.2) is 0 Å². The van der Waals surface area contributed by atoms with E-state index < -0.39 is 8.60 Å². The van der Waals surface area contributed by atoms with Crippen LogP contribution in [-0.4, -0.2) is 5.11 Å². The lowest BCUT2D eigenvalue weighted by molar-refractivity contribution is 0.361. The number of benzene rings is 4. The van der Waals surface area contributed by atoms with Crippen molar-refractivity contribution in [2.75, 3.05) is 0 Å². The van der Waals surface area contributed by atoms with Crippen molar-refractivity contribution >= 4 is 8.60 Å². The predicted molar refractivity (Wildman–Crippen MR) is 276 cm³/mol. The molecule has 0 spiro atoms. The molecule has 4 nitrogen and oxygen atoms in total. The predicted octanol–water partition coefficient (Wildman–Crippen LogP) is 17.6. The highest BCUT2D eigenvalue weighted by Crippen LogP contribution is 2.57. The number of hydrogen-bond donors (Lipinski definition) is 1. The van der Waals surface area contributed by atoms with Gasteiger partial charge < -0.3 is 18.7 Å². The van der Waals surface area contributed by atoms with Crippen LogP contribution in [0.1, 0.15) is 246 Å². The lowest BCUT2D eigenvalue weighted by Crippen LogP contribution is -2.24. The third kappa shape index (κ3) is 11.0. The maximum atomic E-state index is 12.2. The Morgan fingerprint density at radius 1 is 0.422 bits per heavy atom. The summed E-state index contributed by atoms with van der Waals surface area (Å²) in [6.45, 7) is 56.7. The molecule has 64 heavy (non-hydrogen) atoms. The molecule has 5 heteroatoms. The molecule has 352 valence electrons. The van der Waals surface area contributed by atoms with E-state index in [1.54, 1.807) is 0 Å². The van der Waals surface area contributed by atoms with E-state index in [1.807, 2.05) is 0 Å². The Balaban J connectivity index is 1.92. The topological polar surface area (TPSA) is 47.9 Å². The van der Waals surface area contributed by atoms with Crippen molar-refractivity contribution in [3.05, 3.63) is 115 Å². The molecule has 1 N–H and O–H groups in total. The second-order valence-corrected chi connectivity index (χ2v) is 28.3. The Kier molecular flexibility index (Phi) is 13.4. The molecular weight excluding hydrogens is 804 g/mol. The summed E-state index contributed by atoms with van der Waals surface area (Å²) in [4.78, 5) is 0. The van der Waals surface area contributed by atoms with E-state index in [4.69, 9.17) is 13.6 Å². The van der Waals surface area contributed by atoms with Gasteiger partial charge in [0.05, 0.1) is 0 Å². The second kappa shape index (κ2) is 16.7. The highest BCUT2D eigenvalue weighted by Gasteiger charge is 2.40. The zero-order chi connectivity index (χ0) is 48.9. The Labute approximate surface area is 392 Å². The Hall–Kier alpha value is -3.49. The van der Waals surface area contributed by atoms with Gasteiger partial charge >= 0.3 is 8.60 Å². The quantitative estimate of drug-likeness (QED) is 0.207. The van der Waals surface area contributed by atoms with E-state index in [1.165, 1.54) is 22.3 Å². The van der Waals surface area contributed by atoms with Crippen molar-refractivity contribution in [3.63, 3.8) is 0 Å². The van der Waals surface area contributed by atoms with E-state index in [9.17, 15) is 5.11 Å². The summed E-state index contributed by atoms with van der Waals surface area (Å²) in [6.07, 6.45) is 0.471. The van der Waals surface area contributed by atoms with Gasteiger partial charge in [-0.05, 0) is 82.3 Å². The minimum absolute atomic E-state index is 0.0317. The Morgan fingerprint density at radius 2 is 0.734 bits per heavy atom. The van der Waals surface area contributed by atoms with Crippen LogP contribution in [0.5, 0.6) is 23.0 Å². The van der Waals surface area contributed by atoms with Crippen LogP contribution in [0.25, 0.3) is 0 Å². The van der Waals surface area contributed by atoms with E-state index >= 15 is 0 Å². The molecule has 0 fully saturated rings. The minimum atomic E-state index is -2.10. The van der Waals surface area contributed by atoms with Crippen molar-refractivity contribution in [3.8, 4) is 23.0 Å². The summed E-state index contributed by atoms with van der Waals surface area (Å²) < 4.78 is 22.5. The van der Waals surface area contributed by atoms with Gasteiger partial charge in [0.2, 0.25) is 0 Å². The monoisotopic (exact) mass is 891 g/mol. The molecule has 0 radical (unpaired) electrons. The largest absolute Gasteiger partial charge is 0.530 e. The smallest absolute Gasteiger partial charge is 0.507 e. The van der Waals surface area contributed by atoms with Crippen molar-refractivity contribution < 1.29 is 18.7 Å². The molecule has 0 aliphatic carbocycles. The third-order valence-electron chi connectivity index (χ3n) is 13.1. The molecule has 0 amide bonds. The summed E-state index contributed by atoms with van der Waals surface area (Å²) in [6, 6.07) is 18.5. The minimum Gasteiger partial charge on any atom is -0.507 e. The molecule has 0 saturated carbocycles. The van der Waals surface area contributed by atoms with Crippen molar-refractivity contribution in [1.82, 2.24) is 0 Å². The number of fused-ring (bicyclic) bond motifs is 2. The van der Waals surface area contributed by atoms with Crippen molar-refractivity contribution in [1.29, 1.82) is 0 Å². The number of phenols is 1. The van der Waals surface area contributed by atoms with E-state index in [0.717, 1.165) is 61.8 Å². The molecule has 0 aromatic heterocycles. The van der Waals surface area contributed by atoms with Crippen LogP contribution in [0.15, 0.2) is 48.5 Å². The van der Waals surface area contributed by atoms with Gasteiger partial charge in [0, 0.05) is 40.2 Å². The van der Waals surface area contributed by atoms with Crippen LogP contribution < -0.4 is 13.6 Å². The fraction of sp³-hybridized carbons (Fsp3) is 0.593. The molecular formula is C59H87O4P. The van der Waals surface area contributed by atoms with E-state index in [2.05, 4.69) is 222 Å². The second-order valence-electron chi connectivity index (χ2n) is 27.3. The first-order chi connectivity index (χ1) is 28.6. The summed E-state index contributed by atoms with van der Waals surface area (Å²) in [5.41, 5.74) is 12.0. The zero-order valence-electron chi connectivity index (χ0n) is 45.0. The molecule has 4 aromatic carbocycles. The standard InChI is InChI=1S/C59H87O4P/c1-35-42-29-40(54(8,9)10)33-46(58(20,21)22)50(42)62-64(63-51-43(35)30-41(55(11,12)13)34-47(51)59(23,24)25)61-49-37(28-39(53(5,6)7)32-45(49)57(17,18)19)26-36-27-38(52(2,3)4)31-44(48(36)60)56(14,15)16/h27-35,60H,26H2,1-25H3. The van der Waals surface area contributed by atoms with E-state index in [0.29, 0.717) is 12.2 Å². The maximum absolute atomic E-state index is 12.2. The van der Waals surface area contributed by atoms with Gasteiger partial charge in [-0.1, -0.05) is 222 Å². The maximum Gasteiger partial charge on any atom is 0.530 e. The fourth-order valence-electron chi connectivity index (χ4n) is 8.53. The van der Waals surface area contributed by atoms with Crippen molar-refractivity contribution in [2.45, 2.75) is 229 Å². The molecule has 1 aliphatic heterocycles. The van der Waals surface area contributed by atoms with Gasteiger partial charge in [0.1, 0.15) is 23.0 Å². The third-order valence-corrected chi connectivity index (χ3v) is 14.1. The number of hydrogen-bond acceptors (Lipinski definition) is 4.